The Balaban J connectivity index is 1.81. The molecule has 2 nitrogen and oxygen atoms in total. The third-order valence-electron chi connectivity index (χ3n) is 3.67. The second kappa shape index (κ2) is 5.96. The summed E-state index contributed by atoms with van der Waals surface area (Å²) in [6, 6.07) is 0.697. The summed E-state index contributed by atoms with van der Waals surface area (Å²) in [7, 11) is 0. The number of aryl methyl sites for hydroxylation is 1. The van der Waals surface area contributed by atoms with E-state index in [-0.39, 0.29) is 0 Å². The lowest BCUT2D eigenvalue weighted by molar-refractivity contribution is 0.238. The Morgan fingerprint density at radius 2 is 2.00 bits per heavy atom. The third-order valence-corrected chi connectivity index (χ3v) is 4.81. The first-order valence-corrected chi connectivity index (χ1v) is 7.66. The largest absolute Gasteiger partial charge is 0.308 e. The van der Waals surface area contributed by atoms with E-state index in [0.717, 1.165) is 24.8 Å². The molecule has 0 bridgehead atoms. The summed E-state index contributed by atoms with van der Waals surface area (Å²) in [5, 5.41) is 4.93. The molecule has 0 radical (unpaired) electrons. The molecule has 17 heavy (non-hydrogen) atoms. The molecule has 0 amide bonds. The highest BCUT2D eigenvalue weighted by molar-refractivity contribution is 7.11. The highest BCUT2D eigenvalue weighted by Crippen LogP contribution is 2.28. The van der Waals surface area contributed by atoms with E-state index in [9.17, 15) is 0 Å². The number of hydrogen-bond acceptors (Lipinski definition) is 3. The van der Waals surface area contributed by atoms with Gasteiger partial charge in [-0.05, 0) is 37.5 Å². The quantitative estimate of drug-likeness (QED) is 0.885. The maximum atomic E-state index is 4.47. The molecule has 0 aromatic carbocycles. The van der Waals surface area contributed by atoms with Gasteiger partial charge in [0.15, 0.2) is 0 Å². The van der Waals surface area contributed by atoms with Crippen LogP contribution in [0.2, 0.25) is 0 Å². The Hall–Kier alpha value is -0.410. The number of hydrogen-bond donors (Lipinski definition) is 1. The molecule has 2 unspecified atom stereocenters. The fourth-order valence-electron chi connectivity index (χ4n) is 2.94. The van der Waals surface area contributed by atoms with E-state index >= 15 is 0 Å². The van der Waals surface area contributed by atoms with Gasteiger partial charge in [0.2, 0.25) is 0 Å². The molecule has 1 heterocycles. The Labute approximate surface area is 109 Å². The molecular formula is C14H24N2S. The van der Waals surface area contributed by atoms with Gasteiger partial charge < -0.3 is 5.32 Å². The van der Waals surface area contributed by atoms with Crippen molar-refractivity contribution in [2.45, 2.75) is 59.0 Å². The predicted octanol–water partition coefficient (Wildman–Crippen LogP) is 3.62. The average Bonchev–Trinajstić information content (AvgIpc) is 2.73. The van der Waals surface area contributed by atoms with Crippen molar-refractivity contribution in [3.63, 3.8) is 0 Å². The highest BCUT2D eigenvalue weighted by Gasteiger charge is 2.23. The van der Waals surface area contributed by atoms with Crippen LogP contribution in [0.4, 0.5) is 0 Å². The van der Waals surface area contributed by atoms with E-state index in [1.165, 1.54) is 29.1 Å². The molecule has 96 valence electrons. The van der Waals surface area contributed by atoms with Gasteiger partial charge in [-0.15, -0.1) is 11.3 Å². The van der Waals surface area contributed by atoms with E-state index in [4.69, 9.17) is 0 Å². The third kappa shape index (κ3) is 3.78. The molecule has 0 spiro atoms. The van der Waals surface area contributed by atoms with E-state index in [1.807, 2.05) is 17.5 Å². The van der Waals surface area contributed by atoms with Crippen molar-refractivity contribution in [2.75, 3.05) is 0 Å². The highest BCUT2D eigenvalue weighted by atomic mass is 32.1. The summed E-state index contributed by atoms with van der Waals surface area (Å²) in [5.41, 5.74) is 0. The van der Waals surface area contributed by atoms with E-state index < -0.39 is 0 Å². The summed E-state index contributed by atoms with van der Waals surface area (Å²) < 4.78 is 0. The summed E-state index contributed by atoms with van der Waals surface area (Å²) in [5.74, 6) is 1.75. The number of aromatic nitrogens is 1. The van der Waals surface area contributed by atoms with Gasteiger partial charge in [0.05, 0.1) is 0 Å². The van der Waals surface area contributed by atoms with Crippen molar-refractivity contribution in [3.05, 3.63) is 16.1 Å². The molecule has 1 saturated carbocycles. The smallest absolute Gasteiger partial charge is 0.107 e. The van der Waals surface area contributed by atoms with Crippen LogP contribution in [0.25, 0.3) is 0 Å². The average molecular weight is 252 g/mol. The number of thiazole rings is 1. The number of rotatable bonds is 4. The molecule has 1 aromatic heterocycles. The minimum absolute atomic E-state index is 0.697. The maximum Gasteiger partial charge on any atom is 0.107 e. The molecular weight excluding hydrogens is 228 g/mol. The van der Waals surface area contributed by atoms with Crippen molar-refractivity contribution in [2.24, 2.45) is 11.8 Å². The monoisotopic (exact) mass is 252 g/mol. The first-order valence-electron chi connectivity index (χ1n) is 6.84. The molecule has 1 N–H and O–H groups in total. The van der Waals surface area contributed by atoms with E-state index in [2.05, 4.69) is 31.1 Å². The SMILES string of the molecule is CCc1cnc(CNC2CC(C)CC(C)C2)s1. The van der Waals surface area contributed by atoms with Crippen molar-refractivity contribution in [1.29, 1.82) is 0 Å². The molecule has 1 fully saturated rings. The molecule has 1 aliphatic carbocycles. The van der Waals surface area contributed by atoms with Crippen LogP contribution in [-0.2, 0) is 13.0 Å². The van der Waals surface area contributed by atoms with Gasteiger partial charge in [-0.25, -0.2) is 4.98 Å². The van der Waals surface area contributed by atoms with Crippen LogP contribution >= 0.6 is 11.3 Å². The Morgan fingerprint density at radius 1 is 1.29 bits per heavy atom. The molecule has 1 aliphatic rings. The van der Waals surface area contributed by atoms with Crippen LogP contribution in [0.15, 0.2) is 6.20 Å². The lowest BCUT2D eigenvalue weighted by atomic mass is 9.80. The summed E-state index contributed by atoms with van der Waals surface area (Å²) >= 11 is 1.85. The van der Waals surface area contributed by atoms with Gasteiger partial charge in [0, 0.05) is 23.7 Å². The minimum atomic E-state index is 0.697. The van der Waals surface area contributed by atoms with Crippen molar-refractivity contribution >= 4 is 11.3 Å². The molecule has 0 aliphatic heterocycles. The number of nitrogens with one attached hydrogen (secondary N) is 1. The second-order valence-corrected chi connectivity index (χ2v) is 6.77. The van der Waals surface area contributed by atoms with Gasteiger partial charge in [-0.2, -0.15) is 0 Å². The van der Waals surface area contributed by atoms with Gasteiger partial charge in [0.1, 0.15) is 5.01 Å². The van der Waals surface area contributed by atoms with Crippen molar-refractivity contribution in [1.82, 2.24) is 10.3 Å². The summed E-state index contributed by atoms with van der Waals surface area (Å²) in [6.07, 6.45) is 7.19. The van der Waals surface area contributed by atoms with Gasteiger partial charge in [0.25, 0.3) is 0 Å². The fourth-order valence-corrected chi connectivity index (χ4v) is 3.75. The first kappa shape index (κ1) is 13.0. The summed E-state index contributed by atoms with van der Waals surface area (Å²) in [4.78, 5) is 5.86. The summed E-state index contributed by atoms with van der Waals surface area (Å²) in [6.45, 7) is 7.90. The van der Waals surface area contributed by atoms with Gasteiger partial charge in [-0.1, -0.05) is 20.8 Å². The normalized spacial score (nSPS) is 29.5. The van der Waals surface area contributed by atoms with Gasteiger partial charge >= 0.3 is 0 Å². The standard InChI is InChI=1S/C14H24N2S/c1-4-13-8-16-14(17-13)9-15-12-6-10(2)5-11(3)7-12/h8,10-12,15H,4-7,9H2,1-3H3. The van der Waals surface area contributed by atoms with Crippen LogP contribution in [-0.4, -0.2) is 11.0 Å². The lowest BCUT2D eigenvalue weighted by Crippen LogP contribution is -2.35. The van der Waals surface area contributed by atoms with Gasteiger partial charge in [-0.3, -0.25) is 0 Å². The van der Waals surface area contributed by atoms with Crippen LogP contribution in [0.1, 0.15) is 49.9 Å². The Morgan fingerprint density at radius 3 is 2.59 bits per heavy atom. The maximum absolute atomic E-state index is 4.47. The molecule has 1 aromatic rings. The Bertz CT molecular complexity index is 338. The zero-order valence-corrected chi connectivity index (χ0v) is 12.0. The fraction of sp³-hybridized carbons (Fsp3) is 0.786. The molecule has 2 atom stereocenters. The second-order valence-electron chi connectivity index (χ2n) is 5.57. The van der Waals surface area contributed by atoms with E-state index in [1.54, 1.807) is 0 Å². The van der Waals surface area contributed by atoms with Crippen LogP contribution in [0, 0.1) is 11.8 Å². The van der Waals surface area contributed by atoms with Crippen molar-refractivity contribution in [3.8, 4) is 0 Å². The molecule has 2 rings (SSSR count). The van der Waals surface area contributed by atoms with Crippen molar-refractivity contribution < 1.29 is 0 Å². The number of nitrogens with zero attached hydrogens (tertiary/aromatic N) is 1. The molecule has 3 heteroatoms. The zero-order valence-electron chi connectivity index (χ0n) is 11.2. The van der Waals surface area contributed by atoms with Crippen LogP contribution < -0.4 is 5.32 Å². The Kier molecular flexibility index (Phi) is 4.57. The predicted molar refractivity (Wildman–Crippen MR) is 74.3 cm³/mol. The molecule has 0 saturated heterocycles. The van der Waals surface area contributed by atoms with Crippen LogP contribution in [0.5, 0.6) is 0 Å². The lowest BCUT2D eigenvalue weighted by Gasteiger charge is -2.31. The topological polar surface area (TPSA) is 24.9 Å². The van der Waals surface area contributed by atoms with E-state index in [0.29, 0.717) is 6.04 Å². The first-order chi connectivity index (χ1) is 8.17. The zero-order chi connectivity index (χ0) is 12.3. The minimum Gasteiger partial charge on any atom is -0.308 e. The van der Waals surface area contributed by atoms with Crippen LogP contribution in [0.3, 0.4) is 0 Å².